The van der Waals surface area contributed by atoms with Gasteiger partial charge in [0, 0.05) is 17.1 Å². The molecule has 0 amide bonds. The van der Waals surface area contributed by atoms with Gasteiger partial charge >= 0.3 is 0 Å². The van der Waals surface area contributed by atoms with E-state index < -0.39 is 0 Å². The topological polar surface area (TPSA) is 30.5 Å². The van der Waals surface area contributed by atoms with E-state index in [2.05, 4.69) is 19.2 Å². The zero-order valence-corrected chi connectivity index (χ0v) is 14.4. The predicted octanol–water partition coefficient (Wildman–Crippen LogP) is 4.98. The number of hydrogen-bond acceptors (Lipinski definition) is 3. The quantitative estimate of drug-likeness (QED) is 0.618. The van der Waals surface area contributed by atoms with Gasteiger partial charge in [0.2, 0.25) is 0 Å². The molecule has 0 aliphatic heterocycles. The highest BCUT2D eigenvalue weighted by molar-refractivity contribution is 6.31. The lowest BCUT2D eigenvalue weighted by atomic mass is 9.99. The Kier molecular flexibility index (Phi) is 8.55. The molecule has 0 radical (unpaired) electrons. The smallest absolute Gasteiger partial charge is 0.162 e. The van der Waals surface area contributed by atoms with Crippen LogP contribution in [-0.2, 0) is 0 Å². The van der Waals surface area contributed by atoms with Gasteiger partial charge in [-0.05, 0) is 31.0 Å². The Bertz CT molecular complexity index is 423. The molecule has 1 N–H and O–H groups in total. The first kappa shape index (κ1) is 18.1. The van der Waals surface area contributed by atoms with Crippen molar-refractivity contribution in [3.05, 3.63) is 22.7 Å². The minimum atomic E-state index is 0.267. The molecule has 1 aromatic carbocycles. The van der Waals surface area contributed by atoms with Crippen LogP contribution in [0.4, 0.5) is 0 Å². The molecule has 0 aliphatic rings. The van der Waals surface area contributed by atoms with Gasteiger partial charge < -0.3 is 14.8 Å². The fourth-order valence-corrected chi connectivity index (χ4v) is 2.71. The van der Waals surface area contributed by atoms with Crippen molar-refractivity contribution in [2.45, 2.75) is 52.0 Å². The van der Waals surface area contributed by atoms with Gasteiger partial charge in [-0.25, -0.2) is 0 Å². The molecule has 0 bridgehead atoms. The molecule has 21 heavy (non-hydrogen) atoms. The standard InChI is InChI=1S/C17H28ClNO2/c1-5-7-8-9-15(19-10-6-2)13-11-16(20-3)17(21-4)12-14(13)18/h11-12,15,19H,5-10H2,1-4H3. The van der Waals surface area contributed by atoms with Crippen molar-refractivity contribution in [1.82, 2.24) is 5.32 Å². The highest BCUT2D eigenvalue weighted by Gasteiger charge is 2.17. The van der Waals surface area contributed by atoms with Gasteiger partial charge in [0.15, 0.2) is 11.5 Å². The molecule has 1 rings (SSSR count). The Labute approximate surface area is 134 Å². The predicted molar refractivity (Wildman–Crippen MR) is 89.7 cm³/mol. The molecule has 0 saturated carbocycles. The van der Waals surface area contributed by atoms with Gasteiger partial charge in [0.1, 0.15) is 0 Å². The molecule has 3 nitrogen and oxygen atoms in total. The van der Waals surface area contributed by atoms with Crippen LogP contribution in [0.25, 0.3) is 0 Å². The minimum absolute atomic E-state index is 0.267. The molecular weight excluding hydrogens is 286 g/mol. The molecule has 0 saturated heterocycles. The average molecular weight is 314 g/mol. The molecule has 0 aromatic heterocycles. The van der Waals surface area contributed by atoms with Crippen LogP contribution < -0.4 is 14.8 Å². The second-order valence-electron chi connectivity index (χ2n) is 5.23. The maximum absolute atomic E-state index is 6.45. The van der Waals surface area contributed by atoms with Gasteiger partial charge in [0.25, 0.3) is 0 Å². The summed E-state index contributed by atoms with van der Waals surface area (Å²) in [4.78, 5) is 0. The van der Waals surface area contributed by atoms with Crippen molar-refractivity contribution < 1.29 is 9.47 Å². The average Bonchev–Trinajstić information content (AvgIpc) is 2.50. The van der Waals surface area contributed by atoms with E-state index in [9.17, 15) is 0 Å². The Hall–Kier alpha value is -0.930. The maximum Gasteiger partial charge on any atom is 0.162 e. The Morgan fingerprint density at radius 3 is 2.29 bits per heavy atom. The second-order valence-corrected chi connectivity index (χ2v) is 5.64. The normalized spacial score (nSPS) is 12.2. The molecule has 1 unspecified atom stereocenters. The Morgan fingerprint density at radius 1 is 1.05 bits per heavy atom. The summed E-state index contributed by atoms with van der Waals surface area (Å²) in [6.07, 6.45) is 5.86. The van der Waals surface area contributed by atoms with Crippen molar-refractivity contribution in [1.29, 1.82) is 0 Å². The molecule has 0 heterocycles. The van der Waals surface area contributed by atoms with Crippen molar-refractivity contribution in [2.24, 2.45) is 0 Å². The summed E-state index contributed by atoms with van der Waals surface area (Å²) in [6.45, 7) is 5.38. The summed E-state index contributed by atoms with van der Waals surface area (Å²) in [5, 5.41) is 4.33. The highest BCUT2D eigenvalue weighted by Crippen LogP contribution is 2.37. The fourth-order valence-electron chi connectivity index (χ4n) is 2.42. The number of rotatable bonds is 10. The van der Waals surface area contributed by atoms with Crippen LogP contribution in [0.2, 0.25) is 5.02 Å². The fraction of sp³-hybridized carbons (Fsp3) is 0.647. The van der Waals surface area contributed by atoms with Crippen LogP contribution in [0.1, 0.15) is 57.6 Å². The van der Waals surface area contributed by atoms with Crippen LogP contribution in [-0.4, -0.2) is 20.8 Å². The lowest BCUT2D eigenvalue weighted by molar-refractivity contribution is 0.353. The number of nitrogens with one attached hydrogen (secondary N) is 1. The van der Waals surface area contributed by atoms with E-state index in [-0.39, 0.29) is 6.04 Å². The number of unbranched alkanes of at least 4 members (excludes halogenated alkanes) is 2. The molecule has 0 aliphatic carbocycles. The SMILES string of the molecule is CCCCCC(NCCC)c1cc(OC)c(OC)cc1Cl. The largest absolute Gasteiger partial charge is 0.493 e. The second kappa shape index (κ2) is 9.91. The van der Waals surface area contributed by atoms with Crippen LogP contribution in [0.15, 0.2) is 12.1 Å². The van der Waals surface area contributed by atoms with E-state index in [1.54, 1.807) is 14.2 Å². The number of hydrogen-bond donors (Lipinski definition) is 1. The van der Waals surface area contributed by atoms with Crippen molar-refractivity contribution in [3.63, 3.8) is 0 Å². The molecule has 1 aromatic rings. The van der Waals surface area contributed by atoms with Crippen molar-refractivity contribution in [2.75, 3.05) is 20.8 Å². The van der Waals surface area contributed by atoms with E-state index in [1.165, 1.54) is 19.3 Å². The van der Waals surface area contributed by atoms with Gasteiger partial charge in [0.05, 0.1) is 14.2 Å². The zero-order valence-electron chi connectivity index (χ0n) is 13.7. The van der Waals surface area contributed by atoms with E-state index in [1.807, 2.05) is 12.1 Å². The highest BCUT2D eigenvalue weighted by atomic mass is 35.5. The monoisotopic (exact) mass is 313 g/mol. The summed E-state index contributed by atoms with van der Waals surface area (Å²) in [5.74, 6) is 1.41. The lowest BCUT2D eigenvalue weighted by Crippen LogP contribution is -2.22. The molecular formula is C17H28ClNO2. The lowest BCUT2D eigenvalue weighted by Gasteiger charge is -2.21. The third-order valence-corrected chi connectivity index (χ3v) is 3.94. The van der Waals surface area contributed by atoms with Crippen molar-refractivity contribution in [3.8, 4) is 11.5 Å². The van der Waals surface area contributed by atoms with Gasteiger partial charge in [-0.1, -0.05) is 44.7 Å². The first-order valence-electron chi connectivity index (χ1n) is 7.82. The molecule has 0 fully saturated rings. The van der Waals surface area contributed by atoms with Crippen LogP contribution in [0.3, 0.4) is 0 Å². The molecule has 0 spiro atoms. The summed E-state index contributed by atoms with van der Waals surface area (Å²) >= 11 is 6.45. The van der Waals surface area contributed by atoms with E-state index >= 15 is 0 Å². The minimum Gasteiger partial charge on any atom is -0.493 e. The van der Waals surface area contributed by atoms with E-state index in [0.29, 0.717) is 5.75 Å². The van der Waals surface area contributed by atoms with E-state index in [4.69, 9.17) is 21.1 Å². The third-order valence-electron chi connectivity index (χ3n) is 3.62. The molecule has 1 atom stereocenters. The summed E-state index contributed by atoms with van der Waals surface area (Å²) in [5.41, 5.74) is 1.10. The van der Waals surface area contributed by atoms with Gasteiger partial charge in [-0.2, -0.15) is 0 Å². The zero-order chi connectivity index (χ0) is 15.7. The first-order chi connectivity index (χ1) is 10.2. The third kappa shape index (κ3) is 5.40. The number of benzene rings is 1. The van der Waals surface area contributed by atoms with Gasteiger partial charge in [-0.3, -0.25) is 0 Å². The van der Waals surface area contributed by atoms with Crippen LogP contribution in [0, 0.1) is 0 Å². The maximum atomic E-state index is 6.45. The Morgan fingerprint density at radius 2 is 1.71 bits per heavy atom. The van der Waals surface area contributed by atoms with Crippen molar-refractivity contribution >= 4 is 11.6 Å². The number of halogens is 1. The molecule has 120 valence electrons. The first-order valence-corrected chi connectivity index (χ1v) is 8.20. The molecule has 4 heteroatoms. The number of ether oxygens (including phenoxy) is 2. The van der Waals surface area contributed by atoms with Crippen LogP contribution >= 0.6 is 11.6 Å². The summed E-state index contributed by atoms with van der Waals surface area (Å²) < 4.78 is 10.7. The Balaban J connectivity index is 2.98. The summed E-state index contributed by atoms with van der Waals surface area (Å²) in [7, 11) is 3.28. The van der Waals surface area contributed by atoms with Crippen LogP contribution in [0.5, 0.6) is 11.5 Å². The number of methoxy groups -OCH3 is 2. The van der Waals surface area contributed by atoms with Gasteiger partial charge in [-0.15, -0.1) is 0 Å². The summed E-state index contributed by atoms with van der Waals surface area (Å²) in [6, 6.07) is 4.11. The van der Waals surface area contributed by atoms with E-state index in [0.717, 1.165) is 35.7 Å².